The molecule has 0 heterocycles. The maximum atomic E-state index is 14.5. The maximum Gasteiger partial charge on any atom is 0.429 e. The van der Waals surface area contributed by atoms with Crippen molar-refractivity contribution in [2.75, 3.05) is 0 Å². The minimum atomic E-state index is -5.35. The zero-order chi connectivity index (χ0) is 23.7. The molecule has 2 unspecified atom stereocenters. The monoisotopic (exact) mass is 466 g/mol. The molecular formula is C23H22F8O. The van der Waals surface area contributed by atoms with Crippen LogP contribution < -0.4 is 4.74 Å². The van der Waals surface area contributed by atoms with E-state index in [1.807, 2.05) is 0 Å². The van der Waals surface area contributed by atoms with E-state index in [0.717, 1.165) is 50.7 Å². The van der Waals surface area contributed by atoms with Crippen LogP contribution in [0.4, 0.5) is 35.1 Å². The van der Waals surface area contributed by atoms with Crippen molar-refractivity contribution in [3.63, 3.8) is 0 Å². The van der Waals surface area contributed by atoms with Crippen LogP contribution in [-0.4, -0.2) is 0 Å². The fraction of sp³-hybridized carbons (Fsp3) is 0.478. The van der Waals surface area contributed by atoms with Crippen LogP contribution in [0.25, 0.3) is 0 Å². The smallest absolute Gasteiger partial charge is 0.429 e. The Hall–Kier alpha value is -2.32. The van der Waals surface area contributed by atoms with Crippen molar-refractivity contribution in [2.24, 2.45) is 5.92 Å². The molecule has 0 radical (unpaired) electrons. The van der Waals surface area contributed by atoms with Gasteiger partial charge in [0.2, 0.25) is 0 Å². The van der Waals surface area contributed by atoms with Gasteiger partial charge in [0.05, 0.1) is 5.56 Å². The van der Waals surface area contributed by atoms with E-state index >= 15 is 0 Å². The molecule has 3 rings (SSSR count). The standard InChI is InChI=1S/C23H22F8O/c1-2-3-4-13-5-6-14(9-13)15-7-8-17(18(24)10-15)23(30,31)32-16-11-19(25)21(20(26)12-16)22(27,28)29/h7-8,10-14H,2-6,9H2,1H3. The Morgan fingerprint density at radius 3 is 2.12 bits per heavy atom. The SMILES string of the molecule is CCCCC1CCC(c2ccc(C(F)(F)Oc3cc(F)c(C(F)(F)F)c(F)c3)c(F)c2)C1. The minimum absolute atomic E-state index is 0.0128. The molecule has 9 heteroatoms. The third-order valence-electron chi connectivity index (χ3n) is 5.83. The number of ether oxygens (including phenoxy) is 1. The molecule has 0 aromatic heterocycles. The van der Waals surface area contributed by atoms with Crippen molar-refractivity contribution in [1.29, 1.82) is 0 Å². The molecule has 32 heavy (non-hydrogen) atoms. The molecule has 176 valence electrons. The van der Waals surface area contributed by atoms with Crippen LogP contribution >= 0.6 is 0 Å². The molecule has 0 N–H and O–H groups in total. The highest BCUT2D eigenvalue weighted by atomic mass is 19.4. The first-order chi connectivity index (χ1) is 14.9. The van der Waals surface area contributed by atoms with Gasteiger partial charge in [-0.1, -0.05) is 32.3 Å². The van der Waals surface area contributed by atoms with Crippen LogP contribution in [0.5, 0.6) is 5.75 Å². The summed E-state index contributed by atoms with van der Waals surface area (Å²) in [6.07, 6.45) is -3.82. The highest BCUT2D eigenvalue weighted by Gasteiger charge is 2.41. The molecule has 1 fully saturated rings. The summed E-state index contributed by atoms with van der Waals surface area (Å²) < 4.78 is 113. The molecule has 1 saturated carbocycles. The van der Waals surface area contributed by atoms with Gasteiger partial charge in [-0.15, -0.1) is 0 Å². The fourth-order valence-electron chi connectivity index (χ4n) is 4.24. The van der Waals surface area contributed by atoms with Gasteiger partial charge in [-0.2, -0.15) is 22.0 Å². The topological polar surface area (TPSA) is 9.23 Å². The number of hydrogen-bond donors (Lipinski definition) is 0. The number of benzene rings is 2. The Kier molecular flexibility index (Phi) is 7.05. The number of unbranched alkanes of at least 4 members (excludes halogenated alkanes) is 1. The average molecular weight is 466 g/mol. The van der Waals surface area contributed by atoms with Crippen molar-refractivity contribution in [3.05, 3.63) is 64.5 Å². The van der Waals surface area contributed by atoms with E-state index in [0.29, 0.717) is 11.5 Å². The van der Waals surface area contributed by atoms with Crippen LogP contribution in [0.2, 0.25) is 0 Å². The summed E-state index contributed by atoms with van der Waals surface area (Å²) in [4.78, 5) is 0. The van der Waals surface area contributed by atoms with E-state index in [1.54, 1.807) is 0 Å². The lowest BCUT2D eigenvalue weighted by atomic mass is 9.93. The molecule has 2 aromatic rings. The Morgan fingerprint density at radius 1 is 0.906 bits per heavy atom. The molecule has 1 aliphatic carbocycles. The number of alkyl halides is 5. The van der Waals surface area contributed by atoms with Gasteiger partial charge in [-0.05, 0) is 48.8 Å². The largest absolute Gasteiger partial charge is 0.429 e. The van der Waals surface area contributed by atoms with Crippen LogP contribution in [0, 0.1) is 23.4 Å². The van der Waals surface area contributed by atoms with Crippen molar-refractivity contribution in [1.82, 2.24) is 0 Å². The molecule has 0 saturated heterocycles. The van der Waals surface area contributed by atoms with E-state index in [4.69, 9.17) is 0 Å². The van der Waals surface area contributed by atoms with Crippen molar-refractivity contribution < 1.29 is 39.9 Å². The van der Waals surface area contributed by atoms with Gasteiger partial charge < -0.3 is 4.74 Å². The molecule has 0 spiro atoms. The number of rotatable bonds is 7. The molecule has 1 aliphatic rings. The van der Waals surface area contributed by atoms with Crippen LogP contribution in [0.3, 0.4) is 0 Å². The second-order valence-electron chi connectivity index (χ2n) is 8.14. The average Bonchev–Trinajstić information content (AvgIpc) is 3.12. The highest BCUT2D eigenvalue weighted by Crippen LogP contribution is 2.42. The molecular weight excluding hydrogens is 444 g/mol. The summed E-state index contributed by atoms with van der Waals surface area (Å²) in [6, 6.07) is 3.16. The zero-order valence-corrected chi connectivity index (χ0v) is 17.2. The molecule has 0 bridgehead atoms. The second kappa shape index (κ2) is 9.27. The van der Waals surface area contributed by atoms with E-state index in [2.05, 4.69) is 11.7 Å². The van der Waals surface area contributed by atoms with Gasteiger partial charge >= 0.3 is 12.3 Å². The van der Waals surface area contributed by atoms with E-state index < -0.39 is 46.6 Å². The number of halogens is 8. The highest BCUT2D eigenvalue weighted by molar-refractivity contribution is 5.34. The normalized spacial score (nSPS) is 19.4. The quantitative estimate of drug-likeness (QED) is 0.373. The van der Waals surface area contributed by atoms with E-state index in [-0.39, 0.29) is 18.1 Å². The van der Waals surface area contributed by atoms with Gasteiger partial charge in [0, 0.05) is 12.1 Å². The van der Waals surface area contributed by atoms with Gasteiger partial charge in [0.15, 0.2) is 0 Å². The third kappa shape index (κ3) is 5.35. The molecule has 1 nitrogen and oxygen atoms in total. The first-order valence-electron chi connectivity index (χ1n) is 10.3. The summed E-state index contributed by atoms with van der Waals surface area (Å²) in [7, 11) is 0. The van der Waals surface area contributed by atoms with E-state index in [1.165, 1.54) is 6.07 Å². The van der Waals surface area contributed by atoms with Crippen LogP contribution in [-0.2, 0) is 12.3 Å². The maximum absolute atomic E-state index is 14.5. The molecule has 0 aliphatic heterocycles. The van der Waals surface area contributed by atoms with Crippen LogP contribution in [0.15, 0.2) is 30.3 Å². The predicted octanol–water partition coefficient (Wildman–Crippen LogP) is 8.32. The van der Waals surface area contributed by atoms with Gasteiger partial charge in [0.25, 0.3) is 0 Å². The van der Waals surface area contributed by atoms with E-state index in [9.17, 15) is 35.1 Å². The van der Waals surface area contributed by atoms with Crippen molar-refractivity contribution in [2.45, 2.75) is 63.7 Å². The molecule has 2 aromatic carbocycles. The summed E-state index contributed by atoms with van der Waals surface area (Å²) >= 11 is 0. The first-order valence-corrected chi connectivity index (χ1v) is 10.3. The Bertz CT molecular complexity index is 930. The number of hydrogen-bond acceptors (Lipinski definition) is 1. The molecule has 2 atom stereocenters. The Labute approximate surface area is 180 Å². The Morgan fingerprint density at radius 2 is 1.56 bits per heavy atom. The summed E-state index contributed by atoms with van der Waals surface area (Å²) in [5.41, 5.74) is -2.83. The lowest BCUT2D eigenvalue weighted by Crippen LogP contribution is -2.24. The van der Waals surface area contributed by atoms with Crippen molar-refractivity contribution >= 4 is 0 Å². The second-order valence-corrected chi connectivity index (χ2v) is 8.14. The lowest BCUT2D eigenvalue weighted by Gasteiger charge is -2.21. The lowest BCUT2D eigenvalue weighted by molar-refractivity contribution is -0.187. The minimum Gasteiger partial charge on any atom is -0.429 e. The fourth-order valence-corrected chi connectivity index (χ4v) is 4.24. The predicted molar refractivity (Wildman–Crippen MR) is 102 cm³/mol. The first kappa shape index (κ1) is 24.3. The van der Waals surface area contributed by atoms with Crippen LogP contribution in [0.1, 0.15) is 68.1 Å². The summed E-state index contributed by atoms with van der Waals surface area (Å²) in [5.74, 6) is -6.13. The van der Waals surface area contributed by atoms with Crippen molar-refractivity contribution in [3.8, 4) is 5.75 Å². The summed E-state index contributed by atoms with van der Waals surface area (Å²) in [6.45, 7) is 2.09. The van der Waals surface area contributed by atoms with Gasteiger partial charge in [-0.25, -0.2) is 13.2 Å². The Balaban J connectivity index is 1.78. The zero-order valence-electron chi connectivity index (χ0n) is 17.2. The van der Waals surface area contributed by atoms with Gasteiger partial charge in [0.1, 0.15) is 28.8 Å². The third-order valence-corrected chi connectivity index (χ3v) is 5.83. The van der Waals surface area contributed by atoms with Gasteiger partial charge in [-0.3, -0.25) is 0 Å². The summed E-state index contributed by atoms with van der Waals surface area (Å²) in [5, 5.41) is 0. The molecule has 0 amide bonds.